The molecule has 0 saturated heterocycles. The molecular weight excluding hydrogens is 280 g/mol. The van der Waals surface area contributed by atoms with Crippen molar-refractivity contribution in [3.63, 3.8) is 0 Å². The van der Waals surface area contributed by atoms with Crippen molar-refractivity contribution in [1.82, 2.24) is 4.98 Å². The Morgan fingerprint density at radius 1 is 1.19 bits per heavy atom. The Kier molecular flexibility index (Phi) is 3.99. The Balaban J connectivity index is 1.71. The van der Waals surface area contributed by atoms with Gasteiger partial charge in [0, 0.05) is 11.8 Å². The van der Waals surface area contributed by atoms with Gasteiger partial charge in [0.1, 0.15) is 5.52 Å². The van der Waals surface area contributed by atoms with E-state index in [1.54, 1.807) is 11.8 Å². The Morgan fingerprint density at radius 2 is 2.00 bits per heavy atom. The van der Waals surface area contributed by atoms with E-state index in [0.717, 1.165) is 16.9 Å². The van der Waals surface area contributed by atoms with Crippen LogP contribution in [0, 0.1) is 13.8 Å². The van der Waals surface area contributed by atoms with Gasteiger partial charge in [0.15, 0.2) is 5.58 Å². The first-order valence-corrected chi connectivity index (χ1v) is 7.93. The molecule has 0 amide bonds. The van der Waals surface area contributed by atoms with Gasteiger partial charge in [0.05, 0.1) is 0 Å². The molecule has 21 heavy (non-hydrogen) atoms. The number of aryl methyl sites for hydroxylation is 2. The molecule has 0 bridgehead atoms. The number of aromatic nitrogens is 1. The largest absolute Gasteiger partial charge is 0.431 e. The summed E-state index contributed by atoms with van der Waals surface area (Å²) in [5.41, 5.74) is 11.7. The molecule has 0 radical (unpaired) electrons. The van der Waals surface area contributed by atoms with Crippen LogP contribution in [0.25, 0.3) is 11.1 Å². The van der Waals surface area contributed by atoms with Crippen molar-refractivity contribution in [3.8, 4) is 0 Å². The van der Waals surface area contributed by atoms with E-state index < -0.39 is 0 Å². The lowest BCUT2D eigenvalue weighted by atomic mass is 10.0. The summed E-state index contributed by atoms with van der Waals surface area (Å²) in [6.45, 7) is 4.20. The second-order valence-corrected chi connectivity index (χ2v) is 6.20. The first kappa shape index (κ1) is 14.2. The van der Waals surface area contributed by atoms with Gasteiger partial charge >= 0.3 is 0 Å². The first-order valence-electron chi connectivity index (χ1n) is 6.94. The second-order valence-electron chi connectivity index (χ2n) is 5.23. The first-order chi connectivity index (χ1) is 10.1. The number of nitrogens with two attached hydrogens (primary N) is 1. The third-order valence-electron chi connectivity index (χ3n) is 3.49. The fraction of sp³-hybridized carbons (Fsp3) is 0.235. The highest BCUT2D eigenvalue weighted by Gasteiger charge is 2.12. The summed E-state index contributed by atoms with van der Waals surface area (Å²) in [6.07, 6.45) is 0. The van der Waals surface area contributed by atoms with E-state index in [0.29, 0.717) is 5.22 Å². The number of oxazole rings is 1. The van der Waals surface area contributed by atoms with E-state index in [4.69, 9.17) is 10.2 Å². The Morgan fingerprint density at radius 3 is 2.76 bits per heavy atom. The average Bonchev–Trinajstić information content (AvgIpc) is 2.87. The zero-order chi connectivity index (χ0) is 14.8. The monoisotopic (exact) mass is 298 g/mol. The minimum absolute atomic E-state index is 0.0226. The molecule has 4 heteroatoms. The molecule has 0 saturated carbocycles. The molecule has 108 valence electrons. The van der Waals surface area contributed by atoms with Gasteiger partial charge in [-0.15, -0.1) is 0 Å². The number of thioether (sulfide) groups is 1. The highest BCUT2D eigenvalue weighted by atomic mass is 32.2. The average molecular weight is 298 g/mol. The minimum Gasteiger partial charge on any atom is -0.431 e. The fourth-order valence-electron chi connectivity index (χ4n) is 2.41. The topological polar surface area (TPSA) is 52.0 Å². The maximum absolute atomic E-state index is 6.30. The maximum Gasteiger partial charge on any atom is 0.256 e. The van der Waals surface area contributed by atoms with Gasteiger partial charge in [-0.25, -0.2) is 4.98 Å². The van der Waals surface area contributed by atoms with Gasteiger partial charge in [0.25, 0.3) is 5.22 Å². The number of para-hydroxylation sites is 2. The Hall–Kier alpha value is -1.78. The quantitative estimate of drug-likeness (QED) is 0.732. The molecule has 3 nitrogen and oxygen atoms in total. The van der Waals surface area contributed by atoms with Crippen LogP contribution in [-0.4, -0.2) is 10.7 Å². The number of hydrogen-bond donors (Lipinski definition) is 1. The highest BCUT2D eigenvalue weighted by Crippen LogP contribution is 2.27. The van der Waals surface area contributed by atoms with Gasteiger partial charge in [-0.05, 0) is 37.1 Å². The van der Waals surface area contributed by atoms with Crippen molar-refractivity contribution in [2.24, 2.45) is 5.73 Å². The van der Waals surface area contributed by atoms with E-state index in [2.05, 4.69) is 37.0 Å². The van der Waals surface area contributed by atoms with Crippen LogP contribution in [0.3, 0.4) is 0 Å². The molecule has 3 aromatic rings. The molecule has 1 atom stereocenters. The molecule has 1 unspecified atom stereocenters. The lowest BCUT2D eigenvalue weighted by Gasteiger charge is -2.14. The van der Waals surface area contributed by atoms with Crippen LogP contribution in [0.5, 0.6) is 0 Å². The van der Waals surface area contributed by atoms with Gasteiger partial charge in [-0.2, -0.15) is 0 Å². The van der Waals surface area contributed by atoms with Crippen LogP contribution in [0.1, 0.15) is 22.7 Å². The summed E-state index contributed by atoms with van der Waals surface area (Å²) >= 11 is 1.56. The number of rotatable bonds is 4. The third-order valence-corrected chi connectivity index (χ3v) is 4.43. The van der Waals surface area contributed by atoms with Crippen molar-refractivity contribution in [2.45, 2.75) is 25.1 Å². The van der Waals surface area contributed by atoms with Crippen molar-refractivity contribution in [3.05, 3.63) is 59.2 Å². The SMILES string of the molecule is Cc1ccc(C(N)CSc2nc3ccccc3o2)c(C)c1. The van der Waals surface area contributed by atoms with Crippen LogP contribution in [0.4, 0.5) is 0 Å². The lowest BCUT2D eigenvalue weighted by molar-refractivity contribution is 0.489. The van der Waals surface area contributed by atoms with Gasteiger partial charge in [-0.1, -0.05) is 47.7 Å². The Labute approximate surface area is 128 Å². The molecule has 1 aromatic heterocycles. The summed E-state index contributed by atoms with van der Waals surface area (Å²) in [7, 11) is 0. The predicted octanol–water partition coefficient (Wildman–Crippen LogP) is 4.24. The lowest BCUT2D eigenvalue weighted by Crippen LogP contribution is -2.14. The molecule has 3 rings (SSSR count). The minimum atomic E-state index is -0.0226. The van der Waals surface area contributed by atoms with Crippen molar-refractivity contribution in [2.75, 3.05) is 5.75 Å². The van der Waals surface area contributed by atoms with Crippen molar-refractivity contribution < 1.29 is 4.42 Å². The van der Waals surface area contributed by atoms with Crippen LogP contribution in [0.2, 0.25) is 0 Å². The van der Waals surface area contributed by atoms with Crippen LogP contribution in [-0.2, 0) is 0 Å². The zero-order valence-electron chi connectivity index (χ0n) is 12.2. The van der Waals surface area contributed by atoms with E-state index in [1.807, 2.05) is 24.3 Å². The maximum atomic E-state index is 6.30. The third kappa shape index (κ3) is 3.12. The normalized spacial score (nSPS) is 12.7. The standard InChI is InChI=1S/C17H18N2OS/c1-11-7-8-13(12(2)9-11)14(18)10-21-17-19-15-5-3-4-6-16(15)20-17/h3-9,14H,10,18H2,1-2H3. The summed E-state index contributed by atoms with van der Waals surface area (Å²) in [4.78, 5) is 4.46. The molecule has 0 fully saturated rings. The van der Waals surface area contributed by atoms with Crippen LogP contribution >= 0.6 is 11.8 Å². The van der Waals surface area contributed by atoms with E-state index >= 15 is 0 Å². The van der Waals surface area contributed by atoms with E-state index in [1.165, 1.54) is 16.7 Å². The molecule has 2 aromatic carbocycles. The van der Waals surface area contributed by atoms with Gasteiger partial charge in [0.2, 0.25) is 0 Å². The molecule has 0 aliphatic carbocycles. The van der Waals surface area contributed by atoms with Crippen molar-refractivity contribution in [1.29, 1.82) is 0 Å². The number of fused-ring (bicyclic) bond motifs is 1. The van der Waals surface area contributed by atoms with Gasteiger partial charge in [-0.3, -0.25) is 0 Å². The van der Waals surface area contributed by atoms with Gasteiger partial charge < -0.3 is 10.2 Å². The van der Waals surface area contributed by atoms with E-state index in [9.17, 15) is 0 Å². The number of benzene rings is 2. The molecule has 2 N–H and O–H groups in total. The highest BCUT2D eigenvalue weighted by molar-refractivity contribution is 7.99. The molecule has 0 spiro atoms. The molecular formula is C17H18N2OS. The zero-order valence-corrected chi connectivity index (χ0v) is 13.0. The summed E-state index contributed by atoms with van der Waals surface area (Å²) in [6, 6.07) is 14.1. The summed E-state index contributed by atoms with van der Waals surface area (Å²) < 4.78 is 5.70. The van der Waals surface area contributed by atoms with E-state index in [-0.39, 0.29) is 6.04 Å². The molecule has 1 heterocycles. The Bertz CT molecular complexity index is 733. The fourth-order valence-corrected chi connectivity index (χ4v) is 3.22. The second kappa shape index (κ2) is 5.92. The molecule has 0 aliphatic heterocycles. The summed E-state index contributed by atoms with van der Waals surface area (Å²) in [5, 5.41) is 0.677. The predicted molar refractivity (Wildman–Crippen MR) is 87.6 cm³/mol. The summed E-state index contributed by atoms with van der Waals surface area (Å²) in [5.74, 6) is 0.747. The number of nitrogens with zero attached hydrogens (tertiary/aromatic N) is 1. The van der Waals surface area contributed by atoms with Crippen molar-refractivity contribution >= 4 is 22.9 Å². The smallest absolute Gasteiger partial charge is 0.256 e. The van der Waals surface area contributed by atoms with Crippen LogP contribution in [0.15, 0.2) is 52.1 Å². The number of hydrogen-bond acceptors (Lipinski definition) is 4. The molecule has 0 aliphatic rings. The van der Waals surface area contributed by atoms with Crippen LogP contribution < -0.4 is 5.73 Å².